The van der Waals surface area contributed by atoms with E-state index in [2.05, 4.69) is 69.0 Å². The molecule has 0 aliphatic carbocycles. The Bertz CT molecular complexity index is 105. The van der Waals surface area contributed by atoms with Gasteiger partial charge in [0.25, 0.3) is 0 Å². The zero-order valence-electron chi connectivity index (χ0n) is 11.2. The summed E-state index contributed by atoms with van der Waals surface area (Å²) in [4.78, 5) is 0. The van der Waals surface area contributed by atoms with Gasteiger partial charge in [0.05, 0.1) is 0 Å². The first-order chi connectivity index (χ1) is 6.81. The summed E-state index contributed by atoms with van der Waals surface area (Å²) >= 11 is 0. The highest BCUT2D eigenvalue weighted by atomic mass is 31.2. The van der Waals surface area contributed by atoms with Crippen LogP contribution in [0.5, 0.6) is 0 Å². The van der Waals surface area contributed by atoms with Gasteiger partial charge in [-0.1, -0.05) is 101 Å². The zero-order valence-corrected chi connectivity index (χ0v) is 16.7. The van der Waals surface area contributed by atoms with Gasteiger partial charge in [0.2, 0.25) is 0 Å². The first-order valence-corrected chi connectivity index (χ1v) is 10.0. The molecule has 0 saturated heterocycles. The second-order valence-corrected chi connectivity index (χ2v) is 13.8. The van der Waals surface area contributed by atoms with Gasteiger partial charge in [-0.25, -0.2) is 0 Å². The summed E-state index contributed by atoms with van der Waals surface area (Å²) in [5.74, 6) is 0. The molecule has 0 aliphatic heterocycles. The van der Waals surface area contributed by atoms with Crippen LogP contribution in [0.4, 0.5) is 0 Å². The normalized spacial score (nSPS) is 9.57. The van der Waals surface area contributed by atoms with E-state index in [1.807, 2.05) is 0 Å². The Morgan fingerprint density at radius 2 is 1.00 bits per heavy atom. The van der Waals surface area contributed by atoms with E-state index >= 15 is 0 Å². The quantitative estimate of drug-likeness (QED) is 0.413. The van der Waals surface area contributed by atoms with Gasteiger partial charge in [0.15, 0.2) is 0 Å². The van der Waals surface area contributed by atoms with Crippen LogP contribution in [0.3, 0.4) is 0 Å². The van der Waals surface area contributed by atoms with Crippen LogP contribution < -0.4 is 0 Å². The molecule has 0 saturated carbocycles. The highest BCUT2D eigenvalue weighted by molar-refractivity contribution is 7.84. The number of hydrogen-bond acceptors (Lipinski definition) is 0. The van der Waals surface area contributed by atoms with E-state index < -0.39 is 0 Å². The van der Waals surface area contributed by atoms with E-state index in [9.17, 15) is 0 Å². The van der Waals surface area contributed by atoms with Gasteiger partial charge in [-0.05, 0) is 12.1 Å². The zero-order chi connectivity index (χ0) is 12.9. The summed E-state index contributed by atoms with van der Waals surface area (Å²) in [5.41, 5.74) is 0. The monoisotopic (exact) mass is 402 g/mol. The molecule has 0 bridgehead atoms. The smallest absolute Gasteiger partial charge is 0.0325 e. The second-order valence-electron chi connectivity index (χ2n) is 3.47. The highest BCUT2D eigenvalue weighted by Crippen LogP contribution is 2.58. The van der Waals surface area contributed by atoms with E-state index in [0.717, 1.165) is 22.6 Å². The molecule has 0 amide bonds. The van der Waals surface area contributed by atoms with Crippen molar-refractivity contribution in [1.82, 2.24) is 0 Å². The molecule has 21 heavy (non-hydrogen) atoms. The molecule has 0 aromatic heterocycles. The summed E-state index contributed by atoms with van der Waals surface area (Å²) in [6, 6.07) is 0. The molecule has 0 N–H and O–H groups in total. The summed E-state index contributed by atoms with van der Waals surface area (Å²) in [6.45, 7) is 13.0. The van der Waals surface area contributed by atoms with Gasteiger partial charge >= 0.3 is 0 Å². The van der Waals surface area contributed by atoms with Crippen LogP contribution in [0.15, 0.2) is 0 Å². The molecule has 0 radical (unpaired) electrons. The Balaban J connectivity index is -0.0000000152. The number of rotatable bonds is 3. The van der Waals surface area contributed by atoms with Gasteiger partial charge in [0, 0.05) is 4.38 Å². The molecular weight excluding hydrogens is 347 g/mol. The van der Waals surface area contributed by atoms with Gasteiger partial charge < -0.3 is 0 Å². The molecule has 0 aromatic rings. The fourth-order valence-corrected chi connectivity index (χ4v) is 6.52. The first kappa shape index (κ1) is 56.7. The van der Waals surface area contributed by atoms with Crippen molar-refractivity contribution >= 4 is 44.9 Å². The van der Waals surface area contributed by atoms with Crippen LogP contribution >= 0.6 is 44.9 Å². The average Bonchev–Trinajstić information content (AvgIpc) is 2.05. The summed E-state index contributed by atoms with van der Waals surface area (Å²) < 4.78 is 0.432. The molecule has 0 nitrogen and oxygen atoms in total. The van der Waals surface area contributed by atoms with Crippen molar-refractivity contribution in [2.45, 2.75) is 102 Å². The predicted molar refractivity (Wildman–Crippen MR) is 136 cm³/mol. The van der Waals surface area contributed by atoms with Crippen molar-refractivity contribution in [2.24, 2.45) is 0 Å². The van der Waals surface area contributed by atoms with Crippen LogP contribution in [0.1, 0.15) is 92.0 Å². The minimum absolute atomic E-state index is 0. The minimum atomic E-state index is 0. The van der Waals surface area contributed by atoms with Gasteiger partial charge in [-0.15, -0.1) is 36.3 Å². The van der Waals surface area contributed by atoms with E-state index in [4.69, 9.17) is 0 Å². The van der Waals surface area contributed by atoms with E-state index in [1.165, 1.54) is 12.8 Å². The van der Waals surface area contributed by atoms with Gasteiger partial charge in [0.1, 0.15) is 0 Å². The van der Waals surface area contributed by atoms with Crippen molar-refractivity contribution in [3.63, 3.8) is 0 Å². The van der Waals surface area contributed by atoms with Crippen molar-refractivity contribution in [3.8, 4) is 0 Å². The van der Waals surface area contributed by atoms with Crippen LogP contribution in [0.25, 0.3) is 0 Å². The van der Waals surface area contributed by atoms with Crippen molar-refractivity contribution in [2.75, 3.05) is 6.66 Å². The summed E-state index contributed by atoms with van der Waals surface area (Å²) in [5, 5.41) is 0.757. The van der Waals surface area contributed by atoms with E-state index in [0.29, 0.717) is 4.38 Å². The van der Waals surface area contributed by atoms with E-state index in [-0.39, 0.29) is 44.6 Å². The predicted octanol–water partition coefficient (Wildman–Crippen LogP) is 9.20. The Labute approximate surface area is 153 Å². The molecular formula is C16H55P5. The molecule has 0 aromatic carbocycles. The van der Waals surface area contributed by atoms with Crippen molar-refractivity contribution in [3.05, 3.63) is 0 Å². The molecule has 0 spiro atoms. The molecule has 0 heterocycles. The molecule has 144 valence electrons. The molecule has 6 unspecified atom stereocenters. The maximum absolute atomic E-state index is 2.91. The maximum atomic E-state index is 2.91. The van der Waals surface area contributed by atoms with Gasteiger partial charge in [-0.3, -0.25) is 0 Å². The lowest BCUT2D eigenvalue weighted by Gasteiger charge is -2.24. The maximum Gasteiger partial charge on any atom is 0.0325 e. The Kier molecular flexibility index (Phi) is 117. The molecule has 0 aliphatic rings. The van der Waals surface area contributed by atoms with Crippen LogP contribution in [0.2, 0.25) is 0 Å². The summed E-state index contributed by atoms with van der Waals surface area (Å²) in [7, 11) is 10.7. The Hall–Kier alpha value is 2.15. The molecule has 0 fully saturated rings. The van der Waals surface area contributed by atoms with Crippen molar-refractivity contribution in [1.29, 1.82) is 0 Å². The topological polar surface area (TPSA) is 0 Å². The standard InChI is InChI=1S/C4H15P5.2C3H8.6CH4/c1-3(5)9-4(6,7)8-2;2*1-3-2;;;;;;/h3,8-9H,5-7H2,1-2H3;2*3H2,1-2H3;6*1H4. The number of hydrogen-bond donors (Lipinski definition) is 0. The Morgan fingerprint density at radius 1 is 0.810 bits per heavy atom. The third-order valence-electron chi connectivity index (χ3n) is 0.880. The lowest BCUT2D eigenvalue weighted by molar-refractivity contribution is 1.09. The fraction of sp³-hybridized carbons (Fsp3) is 1.00. The second kappa shape index (κ2) is 43.2. The Morgan fingerprint density at radius 3 is 1.05 bits per heavy atom. The van der Waals surface area contributed by atoms with E-state index in [1.54, 1.807) is 0 Å². The van der Waals surface area contributed by atoms with Crippen LogP contribution in [-0.4, -0.2) is 16.4 Å². The largest absolute Gasteiger partial charge is 0.130 e. The third-order valence-corrected chi connectivity index (χ3v) is 7.06. The van der Waals surface area contributed by atoms with Crippen molar-refractivity contribution < 1.29 is 0 Å². The minimum Gasteiger partial charge on any atom is -0.130 e. The molecule has 6 atom stereocenters. The van der Waals surface area contributed by atoms with Gasteiger partial charge in [-0.2, -0.15) is 0 Å². The first-order valence-electron chi connectivity index (χ1n) is 5.61. The molecule has 0 rings (SSSR count). The van der Waals surface area contributed by atoms with Crippen LogP contribution in [-0.2, 0) is 0 Å². The molecule has 5 heteroatoms. The third kappa shape index (κ3) is 87.3. The average molecular weight is 402 g/mol. The SMILES string of the molecule is C.C.C.C.C.C.CCC.CCC.CPC(P)(P)PC(C)P. The highest BCUT2D eigenvalue weighted by Gasteiger charge is 2.16. The lowest BCUT2D eigenvalue weighted by atomic mass is 10.6. The van der Waals surface area contributed by atoms with Crippen LogP contribution in [0, 0.1) is 0 Å². The summed E-state index contributed by atoms with van der Waals surface area (Å²) in [6.07, 6.45) is 2.50. The lowest BCUT2D eigenvalue weighted by Crippen LogP contribution is -1.95. The fourth-order valence-electron chi connectivity index (χ4n) is 0.449.